The van der Waals surface area contributed by atoms with E-state index >= 15 is 0 Å². The molecule has 1 N–H and O–H groups in total. The molecule has 2 unspecified atom stereocenters. The minimum Gasteiger partial charge on any atom is -0.462 e. The summed E-state index contributed by atoms with van der Waals surface area (Å²) in [6.45, 7) is 4.41. The van der Waals surface area contributed by atoms with Crippen LogP contribution in [0.1, 0.15) is 219 Å². The highest BCUT2D eigenvalue weighted by Gasteiger charge is 2.27. The molecule has 9 nitrogen and oxygen atoms in total. The Labute approximate surface area is 358 Å². The van der Waals surface area contributed by atoms with Crippen LogP contribution in [-0.4, -0.2) is 74.9 Å². The van der Waals surface area contributed by atoms with Crippen LogP contribution in [0, 0.1) is 0 Å². The lowest BCUT2D eigenvalue weighted by Crippen LogP contribution is -2.37. The van der Waals surface area contributed by atoms with Crippen LogP contribution in [0.15, 0.2) is 24.3 Å². The van der Waals surface area contributed by atoms with Crippen molar-refractivity contribution in [1.82, 2.24) is 0 Å². The van der Waals surface area contributed by atoms with Gasteiger partial charge in [-0.3, -0.25) is 18.6 Å². The van der Waals surface area contributed by atoms with Gasteiger partial charge in [-0.15, -0.1) is 0 Å². The van der Waals surface area contributed by atoms with Gasteiger partial charge < -0.3 is 18.9 Å². The molecule has 0 amide bonds. The van der Waals surface area contributed by atoms with Crippen LogP contribution in [0.5, 0.6) is 0 Å². The van der Waals surface area contributed by atoms with Crippen LogP contribution in [0.4, 0.5) is 0 Å². The summed E-state index contributed by atoms with van der Waals surface area (Å²) in [5, 5.41) is 0. The van der Waals surface area contributed by atoms with Crippen LogP contribution >= 0.6 is 7.82 Å². The maximum atomic E-state index is 12.7. The number of carbonyl (C=O) groups excluding carboxylic acids is 2. The summed E-state index contributed by atoms with van der Waals surface area (Å²) < 4.78 is 34.4. The first-order chi connectivity index (χ1) is 28.0. The predicted octanol–water partition coefficient (Wildman–Crippen LogP) is 13.9. The van der Waals surface area contributed by atoms with E-state index in [-0.39, 0.29) is 25.6 Å². The number of hydrogen-bond donors (Lipinski definition) is 1. The summed E-state index contributed by atoms with van der Waals surface area (Å²) >= 11 is 0. The van der Waals surface area contributed by atoms with Crippen molar-refractivity contribution in [1.29, 1.82) is 0 Å². The number of nitrogens with zero attached hydrogens (tertiary/aromatic N) is 1. The fraction of sp³-hybridized carbons (Fsp3) is 0.875. The number of likely N-dealkylation sites (N-methyl/N-ethyl adjacent to an activating group) is 1. The van der Waals surface area contributed by atoms with Gasteiger partial charge in [0.25, 0.3) is 0 Å². The van der Waals surface area contributed by atoms with Crippen molar-refractivity contribution in [2.75, 3.05) is 47.5 Å². The number of hydrogen-bond acceptors (Lipinski definition) is 7. The van der Waals surface area contributed by atoms with Crippen molar-refractivity contribution in [3.63, 3.8) is 0 Å². The van der Waals surface area contributed by atoms with Gasteiger partial charge >= 0.3 is 19.8 Å². The van der Waals surface area contributed by atoms with E-state index in [1.807, 2.05) is 21.1 Å². The van der Waals surface area contributed by atoms with Crippen LogP contribution < -0.4 is 0 Å². The van der Waals surface area contributed by atoms with E-state index in [0.29, 0.717) is 23.9 Å². The second-order valence-electron chi connectivity index (χ2n) is 17.5. The van der Waals surface area contributed by atoms with Gasteiger partial charge in [-0.1, -0.05) is 186 Å². The van der Waals surface area contributed by atoms with E-state index in [1.165, 1.54) is 128 Å². The molecule has 0 aromatic carbocycles. The molecule has 0 heterocycles. The smallest absolute Gasteiger partial charge is 0.462 e. The fourth-order valence-electron chi connectivity index (χ4n) is 6.69. The highest BCUT2D eigenvalue weighted by molar-refractivity contribution is 7.47. The van der Waals surface area contributed by atoms with Crippen LogP contribution in [0.25, 0.3) is 0 Å². The van der Waals surface area contributed by atoms with Gasteiger partial charge in [-0.05, 0) is 44.9 Å². The molecule has 0 spiro atoms. The molecule has 0 aliphatic rings. The van der Waals surface area contributed by atoms with Crippen molar-refractivity contribution in [3.8, 4) is 0 Å². The SMILES string of the molecule is CCCCC/C=C\C/C=C\CCCCCCCC(=O)OC(COC(=O)CCCCCCCCCCCCCCCCCCCCC)COP(=O)(O)OCC[N+](C)(C)C. The molecule has 0 saturated carbocycles. The third-order valence-electron chi connectivity index (χ3n) is 10.5. The zero-order chi connectivity index (χ0) is 42.8. The van der Waals surface area contributed by atoms with Gasteiger partial charge in [-0.2, -0.15) is 0 Å². The Kier molecular flexibility index (Phi) is 39.8. The second kappa shape index (κ2) is 40.9. The Morgan fingerprint density at radius 2 is 0.931 bits per heavy atom. The molecule has 0 aromatic heterocycles. The number of esters is 2. The monoisotopic (exact) mass is 843 g/mol. The predicted molar refractivity (Wildman–Crippen MR) is 243 cm³/mol. The van der Waals surface area contributed by atoms with Crippen molar-refractivity contribution < 1.29 is 42.1 Å². The number of rotatable bonds is 44. The minimum absolute atomic E-state index is 0.0307. The molecule has 10 heteroatoms. The lowest BCUT2D eigenvalue weighted by molar-refractivity contribution is -0.870. The van der Waals surface area contributed by atoms with Crippen molar-refractivity contribution in [2.45, 2.75) is 225 Å². The molecule has 342 valence electrons. The third kappa shape index (κ3) is 44.1. The molecule has 0 aliphatic carbocycles. The Balaban J connectivity index is 4.27. The van der Waals surface area contributed by atoms with Gasteiger partial charge in [0.15, 0.2) is 6.10 Å². The topological polar surface area (TPSA) is 108 Å². The van der Waals surface area contributed by atoms with Gasteiger partial charge in [0, 0.05) is 12.8 Å². The maximum absolute atomic E-state index is 12.7. The van der Waals surface area contributed by atoms with E-state index < -0.39 is 26.5 Å². The summed E-state index contributed by atoms with van der Waals surface area (Å²) in [6.07, 6.45) is 45.1. The zero-order valence-corrected chi connectivity index (χ0v) is 39.4. The Morgan fingerprint density at radius 1 is 0.534 bits per heavy atom. The minimum atomic E-state index is -4.38. The summed E-state index contributed by atoms with van der Waals surface area (Å²) in [7, 11) is 1.47. The molecular formula is C48H93NO8P+. The summed E-state index contributed by atoms with van der Waals surface area (Å²) in [4.78, 5) is 35.4. The van der Waals surface area contributed by atoms with Crippen LogP contribution in [0.3, 0.4) is 0 Å². The maximum Gasteiger partial charge on any atom is 0.472 e. The lowest BCUT2D eigenvalue weighted by Gasteiger charge is -2.24. The Morgan fingerprint density at radius 3 is 1.40 bits per heavy atom. The van der Waals surface area contributed by atoms with Crippen LogP contribution in [0.2, 0.25) is 0 Å². The van der Waals surface area contributed by atoms with Gasteiger partial charge in [-0.25, -0.2) is 4.57 Å². The molecular weight excluding hydrogens is 750 g/mol. The van der Waals surface area contributed by atoms with E-state index in [1.54, 1.807) is 0 Å². The first kappa shape index (κ1) is 56.5. The van der Waals surface area contributed by atoms with E-state index in [4.69, 9.17) is 18.5 Å². The number of unbranched alkanes of at least 4 members (excludes halogenated alkanes) is 26. The normalized spacial score (nSPS) is 13.7. The lowest BCUT2D eigenvalue weighted by atomic mass is 10.0. The third-order valence-corrected chi connectivity index (χ3v) is 11.5. The number of quaternary nitrogens is 1. The quantitative estimate of drug-likeness (QED) is 0.0212. The highest BCUT2D eigenvalue weighted by atomic mass is 31.2. The standard InChI is InChI=1S/C48H92NO8P/c1-6-8-10-12-14-16-18-20-22-23-24-25-27-28-30-32-34-36-38-40-47(50)54-44-46(45-56-58(52,53)55-43-42-49(3,4)5)57-48(51)41-39-37-35-33-31-29-26-21-19-17-15-13-11-9-7-2/h15,17,21,26,46H,6-14,16,18-20,22-25,27-45H2,1-5H3/p+1/b17-15-,26-21-. The number of phosphoric acid groups is 1. The van der Waals surface area contributed by atoms with Crippen molar-refractivity contribution in [2.24, 2.45) is 0 Å². The molecule has 0 bridgehead atoms. The average molecular weight is 843 g/mol. The highest BCUT2D eigenvalue weighted by Crippen LogP contribution is 2.43. The summed E-state index contributed by atoms with van der Waals surface area (Å²) in [5.41, 5.74) is 0. The molecule has 0 saturated heterocycles. The summed E-state index contributed by atoms with van der Waals surface area (Å²) in [5.74, 6) is -0.805. The summed E-state index contributed by atoms with van der Waals surface area (Å²) in [6, 6.07) is 0. The Bertz CT molecular complexity index is 1040. The fourth-order valence-corrected chi connectivity index (χ4v) is 7.43. The Hall–Kier alpha value is -1.51. The second-order valence-corrected chi connectivity index (χ2v) is 19.0. The van der Waals surface area contributed by atoms with Crippen molar-refractivity contribution >= 4 is 19.8 Å². The number of allylic oxidation sites excluding steroid dienone is 4. The number of ether oxygens (including phenoxy) is 2. The van der Waals surface area contributed by atoms with Crippen LogP contribution in [-0.2, 0) is 32.7 Å². The van der Waals surface area contributed by atoms with Gasteiger partial charge in [0.05, 0.1) is 27.7 Å². The molecule has 0 aromatic rings. The first-order valence-electron chi connectivity index (χ1n) is 24.1. The molecule has 0 aliphatic heterocycles. The molecule has 0 rings (SSSR count). The number of phosphoric ester groups is 1. The largest absolute Gasteiger partial charge is 0.472 e. The number of carbonyl (C=O) groups is 2. The van der Waals surface area contributed by atoms with Gasteiger partial charge in [0.2, 0.25) is 0 Å². The van der Waals surface area contributed by atoms with E-state index in [0.717, 1.165) is 57.8 Å². The zero-order valence-electron chi connectivity index (χ0n) is 38.5. The van der Waals surface area contributed by atoms with E-state index in [2.05, 4.69) is 38.2 Å². The molecule has 0 radical (unpaired) electrons. The van der Waals surface area contributed by atoms with E-state index in [9.17, 15) is 19.0 Å². The first-order valence-corrected chi connectivity index (χ1v) is 25.6. The molecule has 2 atom stereocenters. The molecule has 58 heavy (non-hydrogen) atoms. The molecule has 0 fully saturated rings. The van der Waals surface area contributed by atoms with Crippen molar-refractivity contribution in [3.05, 3.63) is 24.3 Å². The average Bonchev–Trinajstić information content (AvgIpc) is 3.17. The van der Waals surface area contributed by atoms with Gasteiger partial charge in [0.1, 0.15) is 19.8 Å².